The van der Waals surface area contributed by atoms with Gasteiger partial charge in [0.15, 0.2) is 11.6 Å². The lowest BCUT2D eigenvalue weighted by atomic mass is 9.83. The maximum atomic E-state index is 12.7. The van der Waals surface area contributed by atoms with Gasteiger partial charge in [0.25, 0.3) is 5.91 Å². The second kappa shape index (κ2) is 8.93. The smallest absolute Gasteiger partial charge is 0.251 e. The van der Waals surface area contributed by atoms with E-state index in [-0.39, 0.29) is 29.9 Å². The van der Waals surface area contributed by atoms with Crippen LogP contribution in [-0.4, -0.2) is 48.6 Å². The molecule has 2 aromatic rings. The van der Waals surface area contributed by atoms with E-state index in [0.717, 1.165) is 19.6 Å². The van der Waals surface area contributed by atoms with E-state index in [1.54, 1.807) is 36.4 Å². The van der Waals surface area contributed by atoms with Crippen LogP contribution in [0.25, 0.3) is 0 Å². The van der Waals surface area contributed by atoms with Gasteiger partial charge in [-0.05, 0) is 31.3 Å². The summed E-state index contributed by atoms with van der Waals surface area (Å²) in [7, 11) is 0. The molecule has 3 rings (SSSR count). The van der Waals surface area contributed by atoms with Gasteiger partial charge in [-0.3, -0.25) is 14.4 Å². The number of halogens is 1. The Morgan fingerprint density at radius 2 is 1.44 bits per heavy atom. The van der Waals surface area contributed by atoms with Gasteiger partial charge in [-0.2, -0.15) is 0 Å². The van der Waals surface area contributed by atoms with Gasteiger partial charge in [0, 0.05) is 40.9 Å². The number of benzene rings is 2. The molecule has 0 radical (unpaired) electrons. The van der Waals surface area contributed by atoms with Crippen LogP contribution < -0.4 is 5.32 Å². The Kier molecular flexibility index (Phi) is 6.88. The third-order valence-electron chi connectivity index (χ3n) is 4.80. The number of ketones is 2. The van der Waals surface area contributed by atoms with E-state index in [1.807, 2.05) is 0 Å². The van der Waals surface area contributed by atoms with Crippen molar-refractivity contribution in [2.45, 2.75) is 13.8 Å². The van der Waals surface area contributed by atoms with Crippen molar-refractivity contribution in [1.82, 2.24) is 10.2 Å². The van der Waals surface area contributed by atoms with Gasteiger partial charge in [-0.25, -0.2) is 0 Å². The zero-order valence-corrected chi connectivity index (χ0v) is 16.3. The van der Waals surface area contributed by atoms with E-state index in [1.165, 1.54) is 6.07 Å². The second-order valence-corrected chi connectivity index (χ2v) is 6.25. The molecule has 0 spiro atoms. The van der Waals surface area contributed by atoms with Gasteiger partial charge in [0.05, 0.1) is 0 Å². The van der Waals surface area contributed by atoms with Gasteiger partial charge >= 0.3 is 0 Å². The monoisotopic (exact) mass is 386 g/mol. The molecule has 1 aliphatic carbocycles. The molecule has 0 fully saturated rings. The Hall–Kier alpha value is -2.50. The topological polar surface area (TPSA) is 66.5 Å². The van der Waals surface area contributed by atoms with Crippen LogP contribution in [0.1, 0.15) is 56.0 Å². The highest BCUT2D eigenvalue weighted by molar-refractivity contribution is 6.28. The molecule has 1 aliphatic rings. The minimum Gasteiger partial charge on any atom is -0.351 e. The highest BCUT2D eigenvalue weighted by Crippen LogP contribution is 2.27. The molecule has 0 heterocycles. The molecule has 0 unspecified atom stereocenters. The molecule has 142 valence electrons. The van der Waals surface area contributed by atoms with Gasteiger partial charge in [-0.1, -0.05) is 38.1 Å². The Morgan fingerprint density at radius 1 is 0.889 bits per heavy atom. The van der Waals surface area contributed by atoms with Crippen molar-refractivity contribution in [2.24, 2.45) is 0 Å². The standard InChI is InChI=1S/C21H22N2O3.ClH/c1-3-23(4-2)12-11-22-21(26)14-9-10-17-18(13-14)20(25)16-8-6-5-7-15(16)19(17)24;/h5-10,13H,3-4,11-12H2,1-2H3,(H,22,26);1H. The minimum atomic E-state index is -0.237. The zero-order valence-electron chi connectivity index (χ0n) is 15.5. The number of rotatable bonds is 6. The van der Waals surface area contributed by atoms with E-state index >= 15 is 0 Å². The summed E-state index contributed by atoms with van der Waals surface area (Å²) in [6.07, 6.45) is 0. The van der Waals surface area contributed by atoms with Crippen LogP contribution in [0.15, 0.2) is 42.5 Å². The van der Waals surface area contributed by atoms with E-state index in [0.29, 0.717) is 34.4 Å². The molecule has 5 nitrogen and oxygen atoms in total. The fraction of sp³-hybridized carbons (Fsp3) is 0.286. The first-order valence-corrected chi connectivity index (χ1v) is 8.89. The third-order valence-corrected chi connectivity index (χ3v) is 4.80. The Labute approximate surface area is 165 Å². The summed E-state index contributed by atoms with van der Waals surface area (Å²) in [6.45, 7) is 7.33. The number of likely N-dealkylation sites (N-methyl/N-ethyl adjacent to an activating group) is 1. The molecule has 0 atom stereocenters. The molecule has 0 aromatic heterocycles. The summed E-state index contributed by atoms with van der Waals surface area (Å²) in [4.78, 5) is 39.9. The normalized spacial score (nSPS) is 12.3. The van der Waals surface area contributed by atoms with Gasteiger partial charge < -0.3 is 10.2 Å². The molecule has 0 saturated carbocycles. The lowest BCUT2D eigenvalue weighted by Gasteiger charge is -2.19. The van der Waals surface area contributed by atoms with Gasteiger partial charge in [0.1, 0.15) is 0 Å². The molecular weight excluding hydrogens is 364 g/mol. The number of fused-ring (bicyclic) bond motifs is 2. The van der Waals surface area contributed by atoms with E-state index < -0.39 is 0 Å². The Balaban J connectivity index is 0.00000261. The Morgan fingerprint density at radius 3 is 2.04 bits per heavy atom. The summed E-state index contributed by atoms with van der Waals surface area (Å²) < 4.78 is 0. The van der Waals surface area contributed by atoms with Crippen molar-refractivity contribution in [1.29, 1.82) is 0 Å². The average molecular weight is 387 g/mol. The van der Waals surface area contributed by atoms with Crippen LogP contribution in [0.2, 0.25) is 0 Å². The van der Waals surface area contributed by atoms with Crippen molar-refractivity contribution in [3.63, 3.8) is 0 Å². The third kappa shape index (κ3) is 4.10. The number of carbonyl (C=O) groups excluding carboxylic acids is 3. The molecule has 27 heavy (non-hydrogen) atoms. The molecule has 1 N–H and O–H groups in total. The quantitative estimate of drug-likeness (QED) is 0.707. The highest BCUT2D eigenvalue weighted by atomic mass is 35.5. The highest BCUT2D eigenvalue weighted by Gasteiger charge is 2.29. The predicted molar refractivity (Wildman–Crippen MR) is 107 cm³/mol. The number of hydrogen-bond donors (Lipinski definition) is 1. The van der Waals surface area contributed by atoms with E-state index in [2.05, 4.69) is 24.1 Å². The maximum Gasteiger partial charge on any atom is 0.251 e. The fourth-order valence-electron chi connectivity index (χ4n) is 3.21. The molecule has 0 aliphatic heterocycles. The molecule has 6 heteroatoms. The summed E-state index contributed by atoms with van der Waals surface area (Å²) in [5.74, 6) is -0.629. The number of carbonyl (C=O) groups is 3. The van der Waals surface area contributed by atoms with Crippen molar-refractivity contribution in [2.75, 3.05) is 26.2 Å². The summed E-state index contributed by atoms with van der Waals surface area (Å²) >= 11 is 0. The molecule has 1 amide bonds. The number of hydrogen-bond acceptors (Lipinski definition) is 4. The van der Waals surface area contributed by atoms with Crippen LogP contribution >= 0.6 is 12.4 Å². The minimum absolute atomic E-state index is 0. The molecule has 0 bridgehead atoms. The van der Waals surface area contributed by atoms with Gasteiger partial charge in [-0.15, -0.1) is 12.4 Å². The van der Waals surface area contributed by atoms with Crippen molar-refractivity contribution < 1.29 is 14.4 Å². The Bertz CT molecular complexity index is 875. The van der Waals surface area contributed by atoms with Crippen LogP contribution in [0.4, 0.5) is 0 Å². The van der Waals surface area contributed by atoms with Crippen LogP contribution in [-0.2, 0) is 0 Å². The molecular formula is C21H23ClN2O3. The van der Waals surface area contributed by atoms with Crippen molar-refractivity contribution >= 4 is 29.9 Å². The first-order chi connectivity index (χ1) is 12.6. The molecule has 0 saturated heterocycles. The van der Waals surface area contributed by atoms with E-state index in [9.17, 15) is 14.4 Å². The number of amides is 1. The van der Waals surface area contributed by atoms with Gasteiger partial charge in [0.2, 0.25) is 0 Å². The lowest BCUT2D eigenvalue weighted by molar-refractivity contribution is 0.0946. The number of nitrogens with one attached hydrogen (secondary N) is 1. The predicted octanol–water partition coefficient (Wildman–Crippen LogP) is 2.96. The molecule has 2 aromatic carbocycles. The van der Waals surface area contributed by atoms with Crippen LogP contribution in [0.3, 0.4) is 0 Å². The van der Waals surface area contributed by atoms with Crippen molar-refractivity contribution in [3.05, 3.63) is 70.3 Å². The second-order valence-electron chi connectivity index (χ2n) is 6.25. The number of nitrogens with zero attached hydrogens (tertiary/aromatic N) is 1. The maximum absolute atomic E-state index is 12.7. The first-order valence-electron chi connectivity index (χ1n) is 8.89. The largest absolute Gasteiger partial charge is 0.351 e. The zero-order chi connectivity index (χ0) is 18.7. The van der Waals surface area contributed by atoms with Crippen LogP contribution in [0.5, 0.6) is 0 Å². The fourth-order valence-corrected chi connectivity index (χ4v) is 3.21. The SMILES string of the molecule is CCN(CC)CCNC(=O)c1ccc2c(c1)C(=O)c1ccccc1C2=O.Cl. The van der Waals surface area contributed by atoms with E-state index in [4.69, 9.17) is 0 Å². The summed E-state index contributed by atoms with van der Waals surface area (Å²) in [5, 5.41) is 2.87. The summed E-state index contributed by atoms with van der Waals surface area (Å²) in [5.41, 5.74) is 1.85. The average Bonchev–Trinajstić information content (AvgIpc) is 2.69. The lowest BCUT2D eigenvalue weighted by Crippen LogP contribution is -2.35. The first kappa shape index (κ1) is 20.8. The van der Waals surface area contributed by atoms with Crippen molar-refractivity contribution in [3.8, 4) is 0 Å². The van der Waals surface area contributed by atoms with Crippen LogP contribution in [0, 0.1) is 0 Å². The summed E-state index contributed by atoms with van der Waals surface area (Å²) in [6, 6.07) is 11.5.